The van der Waals surface area contributed by atoms with Crippen LogP contribution in [-0.4, -0.2) is 23.4 Å². The highest BCUT2D eigenvalue weighted by Crippen LogP contribution is 2.37. The van der Waals surface area contributed by atoms with Crippen molar-refractivity contribution < 1.29 is 4.74 Å². The van der Waals surface area contributed by atoms with Crippen LogP contribution < -0.4 is 10.1 Å². The second-order valence-corrected chi connectivity index (χ2v) is 5.80. The van der Waals surface area contributed by atoms with Gasteiger partial charge in [0.1, 0.15) is 5.75 Å². The Morgan fingerprint density at radius 2 is 2.30 bits per heavy atom. The standard InChI is InChI=1S/C14H20ClN3OS/c1-4-7-18-13(10(15)9-17-18)12(16-5-2)14-11(19-3)6-8-20-14/h6,8-9,12,16H,4-5,7H2,1-3H3. The van der Waals surface area contributed by atoms with Crippen molar-refractivity contribution in [1.82, 2.24) is 15.1 Å². The van der Waals surface area contributed by atoms with E-state index < -0.39 is 0 Å². The molecule has 0 spiro atoms. The largest absolute Gasteiger partial charge is 0.496 e. The normalized spacial score (nSPS) is 12.6. The Bertz CT molecular complexity index is 552. The Kier molecular flexibility index (Phi) is 5.46. The van der Waals surface area contributed by atoms with E-state index in [1.165, 1.54) is 0 Å². The van der Waals surface area contributed by atoms with Crippen molar-refractivity contribution in [1.29, 1.82) is 0 Å². The molecule has 0 bridgehead atoms. The number of halogens is 1. The molecule has 4 nitrogen and oxygen atoms in total. The summed E-state index contributed by atoms with van der Waals surface area (Å²) in [4.78, 5) is 1.13. The molecule has 0 aromatic carbocycles. The maximum Gasteiger partial charge on any atom is 0.134 e. The van der Waals surface area contributed by atoms with Crippen LogP contribution >= 0.6 is 22.9 Å². The predicted molar refractivity (Wildman–Crippen MR) is 83.9 cm³/mol. The zero-order chi connectivity index (χ0) is 14.5. The lowest BCUT2D eigenvalue weighted by Gasteiger charge is -2.20. The average Bonchev–Trinajstić information content (AvgIpc) is 3.04. The first kappa shape index (κ1) is 15.4. The smallest absolute Gasteiger partial charge is 0.134 e. The number of ether oxygens (including phenoxy) is 1. The molecule has 0 saturated heterocycles. The molecular formula is C14H20ClN3OS. The SMILES string of the molecule is CCCn1ncc(Cl)c1C(NCC)c1sccc1OC. The van der Waals surface area contributed by atoms with Crippen LogP contribution in [0.5, 0.6) is 5.75 Å². The second kappa shape index (κ2) is 7.11. The maximum absolute atomic E-state index is 6.36. The summed E-state index contributed by atoms with van der Waals surface area (Å²) in [6.07, 6.45) is 2.74. The van der Waals surface area contributed by atoms with Crippen LogP contribution in [0.1, 0.15) is 36.9 Å². The fourth-order valence-electron chi connectivity index (χ4n) is 2.25. The molecule has 0 saturated carbocycles. The van der Waals surface area contributed by atoms with Gasteiger partial charge in [0.25, 0.3) is 0 Å². The van der Waals surface area contributed by atoms with Gasteiger partial charge in [-0.2, -0.15) is 5.10 Å². The van der Waals surface area contributed by atoms with Crippen molar-refractivity contribution in [3.8, 4) is 5.75 Å². The molecule has 0 aliphatic carbocycles. The van der Waals surface area contributed by atoms with Crippen LogP contribution in [0.25, 0.3) is 0 Å². The van der Waals surface area contributed by atoms with E-state index in [-0.39, 0.29) is 6.04 Å². The number of nitrogens with zero attached hydrogens (tertiary/aromatic N) is 2. The molecule has 2 aromatic heterocycles. The lowest BCUT2D eigenvalue weighted by Crippen LogP contribution is -2.25. The summed E-state index contributed by atoms with van der Waals surface area (Å²) in [6, 6.07) is 2.00. The van der Waals surface area contributed by atoms with E-state index in [2.05, 4.69) is 24.3 Å². The number of hydrogen-bond acceptors (Lipinski definition) is 4. The zero-order valence-electron chi connectivity index (χ0n) is 12.0. The second-order valence-electron chi connectivity index (χ2n) is 4.44. The monoisotopic (exact) mass is 313 g/mol. The molecule has 0 fully saturated rings. The van der Waals surface area contributed by atoms with Crippen molar-refractivity contribution in [3.05, 3.63) is 33.2 Å². The van der Waals surface area contributed by atoms with Gasteiger partial charge >= 0.3 is 0 Å². The quantitative estimate of drug-likeness (QED) is 0.847. The molecular weight excluding hydrogens is 294 g/mol. The lowest BCUT2D eigenvalue weighted by molar-refractivity contribution is 0.405. The van der Waals surface area contributed by atoms with E-state index >= 15 is 0 Å². The minimum atomic E-state index is 0.0106. The number of rotatable bonds is 7. The topological polar surface area (TPSA) is 39.1 Å². The highest BCUT2D eigenvalue weighted by Gasteiger charge is 2.25. The first-order chi connectivity index (χ1) is 9.72. The highest BCUT2D eigenvalue weighted by atomic mass is 35.5. The van der Waals surface area contributed by atoms with Gasteiger partial charge in [0.2, 0.25) is 0 Å². The molecule has 2 aromatic rings. The summed E-state index contributed by atoms with van der Waals surface area (Å²) >= 11 is 8.03. The van der Waals surface area contributed by atoms with Crippen molar-refractivity contribution in [2.24, 2.45) is 0 Å². The number of hydrogen-bond donors (Lipinski definition) is 1. The van der Waals surface area contributed by atoms with Gasteiger partial charge in [0.15, 0.2) is 0 Å². The number of nitrogens with one attached hydrogen (secondary N) is 1. The zero-order valence-corrected chi connectivity index (χ0v) is 13.6. The van der Waals surface area contributed by atoms with E-state index in [9.17, 15) is 0 Å². The summed E-state index contributed by atoms with van der Waals surface area (Å²) < 4.78 is 7.43. The fourth-order valence-corrected chi connectivity index (χ4v) is 3.44. The Labute approximate surface area is 128 Å². The Hall–Kier alpha value is -1.04. The molecule has 0 aliphatic heterocycles. The molecule has 110 valence electrons. The van der Waals surface area contributed by atoms with Crippen LogP contribution in [0.2, 0.25) is 5.02 Å². The van der Waals surface area contributed by atoms with Gasteiger partial charge in [-0.25, -0.2) is 0 Å². The molecule has 2 heterocycles. The summed E-state index contributed by atoms with van der Waals surface area (Å²) in [6.45, 7) is 5.92. The van der Waals surface area contributed by atoms with E-state index in [0.29, 0.717) is 5.02 Å². The van der Waals surface area contributed by atoms with Gasteiger partial charge in [-0.3, -0.25) is 4.68 Å². The molecule has 20 heavy (non-hydrogen) atoms. The molecule has 0 amide bonds. The fraction of sp³-hybridized carbons (Fsp3) is 0.500. The van der Waals surface area contributed by atoms with E-state index in [0.717, 1.165) is 35.8 Å². The van der Waals surface area contributed by atoms with E-state index in [4.69, 9.17) is 16.3 Å². The lowest BCUT2D eigenvalue weighted by atomic mass is 10.1. The molecule has 2 rings (SSSR count). The van der Waals surface area contributed by atoms with Gasteiger partial charge in [-0.15, -0.1) is 11.3 Å². The third-order valence-corrected chi connectivity index (χ3v) is 4.34. The van der Waals surface area contributed by atoms with Gasteiger partial charge in [-0.05, 0) is 24.4 Å². The van der Waals surface area contributed by atoms with Gasteiger partial charge in [0, 0.05) is 6.54 Å². The summed E-state index contributed by atoms with van der Waals surface area (Å²) in [5.74, 6) is 0.890. The molecule has 6 heteroatoms. The minimum absolute atomic E-state index is 0.0106. The first-order valence-corrected chi connectivity index (χ1v) is 8.04. The van der Waals surface area contributed by atoms with Crippen LogP contribution in [0.3, 0.4) is 0 Å². The molecule has 1 N–H and O–H groups in total. The van der Waals surface area contributed by atoms with Crippen LogP contribution in [0, 0.1) is 0 Å². The van der Waals surface area contributed by atoms with Crippen molar-refractivity contribution >= 4 is 22.9 Å². The van der Waals surface area contributed by atoms with Crippen LogP contribution in [0.15, 0.2) is 17.6 Å². The molecule has 1 atom stereocenters. The maximum atomic E-state index is 6.36. The summed E-state index contributed by atoms with van der Waals surface area (Å²) in [7, 11) is 1.69. The third-order valence-electron chi connectivity index (χ3n) is 3.09. The number of aryl methyl sites for hydroxylation is 1. The van der Waals surface area contributed by atoms with Crippen molar-refractivity contribution in [2.45, 2.75) is 32.9 Å². The van der Waals surface area contributed by atoms with E-state index in [1.807, 2.05) is 16.1 Å². The minimum Gasteiger partial charge on any atom is -0.496 e. The van der Waals surface area contributed by atoms with Gasteiger partial charge in [-0.1, -0.05) is 25.4 Å². The third kappa shape index (κ3) is 3.00. The number of thiophene rings is 1. The first-order valence-electron chi connectivity index (χ1n) is 6.78. The Morgan fingerprint density at radius 3 is 2.95 bits per heavy atom. The average molecular weight is 314 g/mol. The van der Waals surface area contributed by atoms with Gasteiger partial charge < -0.3 is 10.1 Å². The van der Waals surface area contributed by atoms with Crippen molar-refractivity contribution in [2.75, 3.05) is 13.7 Å². The predicted octanol–water partition coefficient (Wildman–Crippen LogP) is 3.72. The molecule has 1 unspecified atom stereocenters. The molecule has 0 radical (unpaired) electrons. The summed E-state index contributed by atoms with van der Waals surface area (Å²) in [5, 5.41) is 10.6. The number of methoxy groups -OCH3 is 1. The van der Waals surface area contributed by atoms with Crippen LogP contribution in [-0.2, 0) is 6.54 Å². The molecule has 0 aliphatic rings. The van der Waals surface area contributed by atoms with Gasteiger partial charge in [0.05, 0.1) is 34.9 Å². The van der Waals surface area contributed by atoms with Crippen LogP contribution in [0.4, 0.5) is 0 Å². The Balaban J connectivity index is 2.45. The summed E-state index contributed by atoms with van der Waals surface area (Å²) in [5.41, 5.74) is 1.01. The van der Waals surface area contributed by atoms with Crippen molar-refractivity contribution in [3.63, 3.8) is 0 Å². The Morgan fingerprint density at radius 1 is 1.50 bits per heavy atom. The number of aromatic nitrogens is 2. The highest BCUT2D eigenvalue weighted by molar-refractivity contribution is 7.10. The van der Waals surface area contributed by atoms with E-state index in [1.54, 1.807) is 24.6 Å².